The van der Waals surface area contributed by atoms with Crippen LogP contribution >= 0.6 is 15.9 Å². The van der Waals surface area contributed by atoms with Gasteiger partial charge in [0.25, 0.3) is 0 Å². The lowest BCUT2D eigenvalue weighted by Gasteiger charge is -1.98. The summed E-state index contributed by atoms with van der Waals surface area (Å²) >= 11 is 3.24. The zero-order valence-corrected chi connectivity index (χ0v) is 7.50. The Morgan fingerprint density at radius 3 is 2.73 bits per heavy atom. The largest absolute Gasteiger partial charge is 0.351 e. The minimum atomic E-state index is 0.619. The Labute approximate surface area is 73.7 Å². The van der Waals surface area contributed by atoms with Gasteiger partial charge in [0.1, 0.15) is 0 Å². The molecule has 0 aliphatic rings. The van der Waals surface area contributed by atoms with Gasteiger partial charge < -0.3 is 5.32 Å². The fourth-order valence-corrected chi connectivity index (χ4v) is 0.772. The van der Waals surface area contributed by atoms with Crippen molar-refractivity contribution in [3.63, 3.8) is 0 Å². The second-order valence-electron chi connectivity index (χ2n) is 1.89. The van der Waals surface area contributed by atoms with Crippen molar-refractivity contribution in [1.29, 1.82) is 0 Å². The number of aromatic nitrogens is 2. The van der Waals surface area contributed by atoms with Gasteiger partial charge in [0.15, 0.2) is 0 Å². The number of rotatable bonds is 3. The van der Waals surface area contributed by atoms with Gasteiger partial charge >= 0.3 is 0 Å². The van der Waals surface area contributed by atoms with Crippen LogP contribution in [0.4, 0.5) is 5.95 Å². The summed E-state index contributed by atoms with van der Waals surface area (Å²) < 4.78 is 0.877. The third kappa shape index (κ3) is 2.67. The van der Waals surface area contributed by atoms with Crippen molar-refractivity contribution in [3.8, 4) is 0 Å². The lowest BCUT2D eigenvalue weighted by atomic mass is 10.6. The molecule has 0 aliphatic carbocycles. The smallest absolute Gasteiger partial charge is 0.222 e. The minimum Gasteiger partial charge on any atom is -0.351 e. The van der Waals surface area contributed by atoms with Gasteiger partial charge in [-0.1, -0.05) is 6.08 Å². The summed E-state index contributed by atoms with van der Waals surface area (Å²) in [6, 6.07) is 0. The predicted molar refractivity (Wildman–Crippen MR) is 48.4 cm³/mol. The second-order valence-corrected chi connectivity index (χ2v) is 2.81. The Balaban J connectivity index is 2.58. The van der Waals surface area contributed by atoms with Crippen LogP contribution in [0.5, 0.6) is 0 Å². The molecule has 0 atom stereocenters. The molecule has 1 aromatic heterocycles. The molecule has 58 valence electrons. The molecule has 0 bridgehead atoms. The SMILES string of the molecule is C=CCNc1ncc(Br)cn1. The summed E-state index contributed by atoms with van der Waals surface area (Å²) in [4.78, 5) is 8.00. The fraction of sp³-hybridized carbons (Fsp3) is 0.143. The van der Waals surface area contributed by atoms with E-state index in [1.54, 1.807) is 18.5 Å². The minimum absolute atomic E-state index is 0.619. The van der Waals surface area contributed by atoms with Crippen LogP contribution in [0.15, 0.2) is 29.5 Å². The Morgan fingerprint density at radius 2 is 2.18 bits per heavy atom. The van der Waals surface area contributed by atoms with Gasteiger partial charge in [-0.25, -0.2) is 9.97 Å². The van der Waals surface area contributed by atoms with E-state index in [2.05, 4.69) is 37.8 Å². The van der Waals surface area contributed by atoms with E-state index in [0.29, 0.717) is 12.5 Å². The zero-order valence-electron chi connectivity index (χ0n) is 5.92. The summed E-state index contributed by atoms with van der Waals surface area (Å²) in [5.41, 5.74) is 0. The number of halogens is 1. The van der Waals surface area contributed by atoms with Crippen molar-refractivity contribution in [2.45, 2.75) is 0 Å². The van der Waals surface area contributed by atoms with Crippen molar-refractivity contribution in [2.75, 3.05) is 11.9 Å². The molecule has 0 saturated carbocycles. The molecule has 0 saturated heterocycles. The molecule has 0 aliphatic heterocycles. The molecule has 1 rings (SSSR count). The van der Waals surface area contributed by atoms with Crippen LogP contribution in [0.2, 0.25) is 0 Å². The first-order valence-electron chi connectivity index (χ1n) is 3.15. The maximum absolute atomic E-state index is 4.00. The Morgan fingerprint density at radius 1 is 1.55 bits per heavy atom. The summed E-state index contributed by atoms with van der Waals surface area (Å²) in [6.45, 7) is 4.25. The Bertz CT molecular complexity index is 232. The Hall–Kier alpha value is -0.900. The average Bonchev–Trinajstić information content (AvgIpc) is 2.04. The van der Waals surface area contributed by atoms with E-state index in [1.165, 1.54) is 0 Å². The third-order valence-electron chi connectivity index (χ3n) is 1.02. The van der Waals surface area contributed by atoms with E-state index in [1.807, 2.05) is 0 Å². The van der Waals surface area contributed by atoms with Crippen molar-refractivity contribution >= 4 is 21.9 Å². The summed E-state index contributed by atoms with van der Waals surface area (Å²) in [7, 11) is 0. The molecule has 0 amide bonds. The quantitative estimate of drug-likeness (QED) is 0.780. The van der Waals surface area contributed by atoms with Gasteiger partial charge in [-0.3, -0.25) is 0 Å². The molecule has 1 aromatic rings. The monoisotopic (exact) mass is 213 g/mol. The van der Waals surface area contributed by atoms with E-state index in [9.17, 15) is 0 Å². The summed E-state index contributed by atoms with van der Waals surface area (Å²) in [5.74, 6) is 0.619. The molecular formula is C7H8BrN3. The van der Waals surface area contributed by atoms with Gasteiger partial charge in [0, 0.05) is 18.9 Å². The maximum Gasteiger partial charge on any atom is 0.222 e. The summed E-state index contributed by atoms with van der Waals surface area (Å²) in [5, 5.41) is 2.96. The van der Waals surface area contributed by atoms with E-state index < -0.39 is 0 Å². The van der Waals surface area contributed by atoms with Crippen LogP contribution in [-0.2, 0) is 0 Å². The molecule has 1 heterocycles. The molecule has 0 unspecified atom stereocenters. The average molecular weight is 214 g/mol. The van der Waals surface area contributed by atoms with Gasteiger partial charge in [-0.2, -0.15) is 0 Å². The molecule has 0 spiro atoms. The zero-order chi connectivity index (χ0) is 8.10. The van der Waals surface area contributed by atoms with Gasteiger partial charge in [-0.15, -0.1) is 6.58 Å². The second kappa shape index (κ2) is 4.08. The van der Waals surface area contributed by atoms with Crippen LogP contribution in [0.3, 0.4) is 0 Å². The van der Waals surface area contributed by atoms with Crippen LogP contribution in [0, 0.1) is 0 Å². The first kappa shape index (κ1) is 8.20. The first-order valence-corrected chi connectivity index (χ1v) is 3.94. The number of anilines is 1. The van der Waals surface area contributed by atoms with Crippen LogP contribution < -0.4 is 5.32 Å². The van der Waals surface area contributed by atoms with E-state index in [0.717, 1.165) is 4.47 Å². The third-order valence-corrected chi connectivity index (χ3v) is 1.43. The van der Waals surface area contributed by atoms with Crippen molar-refractivity contribution in [3.05, 3.63) is 29.5 Å². The molecule has 4 heteroatoms. The molecule has 0 radical (unpaired) electrons. The van der Waals surface area contributed by atoms with Crippen LogP contribution in [-0.4, -0.2) is 16.5 Å². The van der Waals surface area contributed by atoms with E-state index >= 15 is 0 Å². The highest BCUT2D eigenvalue weighted by Gasteiger charge is 1.91. The standard InChI is InChI=1S/C7H8BrN3/c1-2-3-9-7-10-4-6(8)5-11-7/h2,4-5H,1,3H2,(H,9,10,11). The molecule has 1 N–H and O–H groups in total. The predicted octanol–water partition coefficient (Wildman–Crippen LogP) is 1.84. The highest BCUT2D eigenvalue weighted by atomic mass is 79.9. The van der Waals surface area contributed by atoms with Gasteiger partial charge in [0.05, 0.1) is 4.47 Å². The van der Waals surface area contributed by atoms with Crippen molar-refractivity contribution in [2.24, 2.45) is 0 Å². The van der Waals surface area contributed by atoms with Crippen molar-refractivity contribution < 1.29 is 0 Å². The Kier molecular flexibility index (Phi) is 3.04. The molecule has 0 fully saturated rings. The van der Waals surface area contributed by atoms with Crippen LogP contribution in [0.1, 0.15) is 0 Å². The van der Waals surface area contributed by atoms with Crippen LogP contribution in [0.25, 0.3) is 0 Å². The molecular weight excluding hydrogens is 206 g/mol. The molecule has 0 aromatic carbocycles. The first-order chi connectivity index (χ1) is 5.33. The number of hydrogen-bond acceptors (Lipinski definition) is 3. The maximum atomic E-state index is 4.00. The number of nitrogens with one attached hydrogen (secondary N) is 1. The van der Waals surface area contributed by atoms with Crippen molar-refractivity contribution in [1.82, 2.24) is 9.97 Å². The number of nitrogens with zero attached hydrogens (tertiary/aromatic N) is 2. The fourth-order valence-electron chi connectivity index (χ4n) is 0.567. The highest BCUT2D eigenvalue weighted by Crippen LogP contribution is 2.06. The number of hydrogen-bond donors (Lipinski definition) is 1. The summed E-state index contributed by atoms with van der Waals surface area (Å²) in [6.07, 6.45) is 5.14. The van der Waals surface area contributed by atoms with E-state index in [-0.39, 0.29) is 0 Å². The van der Waals surface area contributed by atoms with E-state index in [4.69, 9.17) is 0 Å². The highest BCUT2D eigenvalue weighted by molar-refractivity contribution is 9.10. The van der Waals surface area contributed by atoms with Gasteiger partial charge in [0.2, 0.25) is 5.95 Å². The molecule has 11 heavy (non-hydrogen) atoms. The normalized spacial score (nSPS) is 9.18. The lowest BCUT2D eigenvalue weighted by molar-refractivity contribution is 1.11. The molecule has 3 nitrogen and oxygen atoms in total. The topological polar surface area (TPSA) is 37.8 Å². The van der Waals surface area contributed by atoms with Gasteiger partial charge in [-0.05, 0) is 15.9 Å². The lowest BCUT2D eigenvalue weighted by Crippen LogP contribution is -2.01.